The van der Waals surface area contributed by atoms with Crippen LogP contribution in [0, 0.1) is 5.92 Å². The molecule has 3 rings (SSSR count). The Bertz CT molecular complexity index is 753. The topological polar surface area (TPSA) is 57.7 Å². The van der Waals surface area contributed by atoms with E-state index in [9.17, 15) is 4.79 Å². The van der Waals surface area contributed by atoms with E-state index in [0.29, 0.717) is 48.4 Å². The van der Waals surface area contributed by atoms with E-state index < -0.39 is 0 Å². The van der Waals surface area contributed by atoms with Gasteiger partial charge in [-0.15, -0.1) is 0 Å². The molecule has 0 saturated carbocycles. The predicted octanol–water partition coefficient (Wildman–Crippen LogP) is 2.93. The first kappa shape index (κ1) is 17.9. The minimum absolute atomic E-state index is 0.123. The van der Waals surface area contributed by atoms with Crippen molar-refractivity contribution < 1.29 is 9.53 Å². The van der Waals surface area contributed by atoms with Crippen LogP contribution >= 0.6 is 11.6 Å². The van der Waals surface area contributed by atoms with Gasteiger partial charge in [0.2, 0.25) is 0 Å². The molecule has 1 fully saturated rings. The Morgan fingerprint density at radius 1 is 1.44 bits per heavy atom. The number of urea groups is 1. The molecule has 1 aromatic carbocycles. The first-order valence-corrected chi connectivity index (χ1v) is 8.74. The Balaban J connectivity index is 1.76. The van der Waals surface area contributed by atoms with Gasteiger partial charge in [-0.25, -0.2) is 4.79 Å². The standard InChI is InChI=1S/C18H23ClN4O2/c1-22(2)10-13-11-23(8-9-25-12-13)18(24)21-16-6-5-15(19)17-14(16)4-3-7-20-17/h3-7,13H,8-12H2,1-2H3,(H,21,24)/t13-/m1/s1. The number of fused-ring (bicyclic) bond motifs is 1. The molecule has 1 N–H and O–H groups in total. The summed E-state index contributed by atoms with van der Waals surface area (Å²) in [6, 6.07) is 7.19. The summed E-state index contributed by atoms with van der Waals surface area (Å²) in [5.74, 6) is 0.298. The maximum Gasteiger partial charge on any atom is 0.321 e. The average molecular weight is 363 g/mol. The van der Waals surface area contributed by atoms with Crippen LogP contribution in [0.2, 0.25) is 5.02 Å². The Kier molecular flexibility index (Phi) is 5.73. The lowest BCUT2D eigenvalue weighted by Gasteiger charge is -2.25. The Morgan fingerprint density at radius 3 is 3.08 bits per heavy atom. The molecule has 7 heteroatoms. The number of carbonyl (C=O) groups is 1. The van der Waals surface area contributed by atoms with Crippen LogP contribution in [-0.4, -0.2) is 67.8 Å². The molecule has 6 nitrogen and oxygen atoms in total. The molecular formula is C18H23ClN4O2. The lowest BCUT2D eigenvalue weighted by molar-refractivity contribution is 0.112. The lowest BCUT2D eigenvalue weighted by atomic mass is 10.1. The molecule has 25 heavy (non-hydrogen) atoms. The molecule has 2 amide bonds. The van der Waals surface area contributed by atoms with Crippen molar-refractivity contribution in [1.82, 2.24) is 14.8 Å². The summed E-state index contributed by atoms with van der Waals surface area (Å²) >= 11 is 6.20. The number of nitrogens with zero attached hydrogens (tertiary/aromatic N) is 3. The van der Waals surface area contributed by atoms with Gasteiger partial charge >= 0.3 is 6.03 Å². The third kappa shape index (κ3) is 4.39. The number of amides is 2. The molecule has 1 aromatic heterocycles. The summed E-state index contributed by atoms with van der Waals surface area (Å²) < 4.78 is 5.65. The van der Waals surface area contributed by atoms with Crippen LogP contribution in [0.25, 0.3) is 10.9 Å². The molecule has 1 aliphatic rings. The number of carbonyl (C=O) groups excluding carboxylic acids is 1. The second-order valence-electron chi connectivity index (χ2n) is 6.57. The van der Waals surface area contributed by atoms with E-state index >= 15 is 0 Å². The van der Waals surface area contributed by atoms with Crippen LogP contribution in [0.4, 0.5) is 10.5 Å². The molecule has 0 aliphatic carbocycles. The number of anilines is 1. The summed E-state index contributed by atoms with van der Waals surface area (Å²) in [5, 5.41) is 4.41. The fourth-order valence-electron chi connectivity index (χ4n) is 3.13. The summed E-state index contributed by atoms with van der Waals surface area (Å²) in [6.45, 7) is 3.38. The van der Waals surface area contributed by atoms with Crippen LogP contribution in [0.1, 0.15) is 0 Å². The van der Waals surface area contributed by atoms with Crippen molar-refractivity contribution in [3.63, 3.8) is 0 Å². The van der Waals surface area contributed by atoms with Gasteiger partial charge in [-0.2, -0.15) is 0 Å². The summed E-state index contributed by atoms with van der Waals surface area (Å²) in [4.78, 5) is 21.0. The molecule has 1 atom stereocenters. The number of aromatic nitrogens is 1. The normalized spacial score (nSPS) is 18.4. The van der Waals surface area contributed by atoms with Gasteiger partial charge in [0.25, 0.3) is 0 Å². The molecule has 2 aromatic rings. The molecule has 0 unspecified atom stereocenters. The van der Waals surface area contributed by atoms with Crippen LogP contribution < -0.4 is 5.32 Å². The SMILES string of the molecule is CN(C)C[C@H]1COCCN(C(=O)Nc2ccc(Cl)c3ncccc23)C1. The highest BCUT2D eigenvalue weighted by atomic mass is 35.5. The van der Waals surface area contributed by atoms with Crippen molar-refractivity contribution >= 4 is 34.2 Å². The first-order chi connectivity index (χ1) is 12.0. The fourth-order valence-corrected chi connectivity index (χ4v) is 3.35. The van der Waals surface area contributed by atoms with Gasteiger partial charge in [-0.1, -0.05) is 11.6 Å². The quantitative estimate of drug-likeness (QED) is 0.912. The fraction of sp³-hybridized carbons (Fsp3) is 0.444. The summed E-state index contributed by atoms with van der Waals surface area (Å²) in [5.41, 5.74) is 1.40. The van der Waals surface area contributed by atoms with E-state index in [4.69, 9.17) is 16.3 Å². The number of hydrogen-bond donors (Lipinski definition) is 1. The number of halogens is 1. The van der Waals surface area contributed by atoms with Gasteiger partial charge < -0.3 is 19.9 Å². The summed E-state index contributed by atoms with van der Waals surface area (Å²) in [7, 11) is 4.06. The minimum atomic E-state index is -0.123. The Morgan fingerprint density at radius 2 is 2.28 bits per heavy atom. The van der Waals surface area contributed by atoms with Crippen molar-refractivity contribution in [3.05, 3.63) is 35.5 Å². The maximum absolute atomic E-state index is 12.8. The Labute approximate surface area is 152 Å². The monoisotopic (exact) mass is 362 g/mol. The lowest BCUT2D eigenvalue weighted by Crippen LogP contribution is -2.41. The molecule has 0 bridgehead atoms. The van der Waals surface area contributed by atoms with Gasteiger partial charge in [0.1, 0.15) is 0 Å². The van der Waals surface area contributed by atoms with Crippen molar-refractivity contribution in [2.24, 2.45) is 5.92 Å². The van der Waals surface area contributed by atoms with Gasteiger partial charge in [-0.3, -0.25) is 4.98 Å². The van der Waals surface area contributed by atoms with E-state index in [1.54, 1.807) is 12.3 Å². The molecule has 134 valence electrons. The van der Waals surface area contributed by atoms with E-state index in [2.05, 4.69) is 15.2 Å². The highest BCUT2D eigenvalue weighted by Gasteiger charge is 2.23. The van der Waals surface area contributed by atoms with Gasteiger partial charge in [0.05, 0.1) is 29.4 Å². The molecule has 1 aliphatic heterocycles. The molecule has 0 radical (unpaired) electrons. The summed E-state index contributed by atoms with van der Waals surface area (Å²) in [6.07, 6.45) is 1.69. The van der Waals surface area contributed by atoms with E-state index in [-0.39, 0.29) is 6.03 Å². The highest BCUT2D eigenvalue weighted by Crippen LogP contribution is 2.28. The number of benzene rings is 1. The van der Waals surface area contributed by atoms with Crippen LogP contribution in [0.3, 0.4) is 0 Å². The van der Waals surface area contributed by atoms with Crippen molar-refractivity contribution in [3.8, 4) is 0 Å². The minimum Gasteiger partial charge on any atom is -0.379 e. The zero-order valence-electron chi connectivity index (χ0n) is 14.5. The van der Waals surface area contributed by atoms with Gasteiger partial charge in [0.15, 0.2) is 0 Å². The zero-order chi connectivity index (χ0) is 17.8. The van der Waals surface area contributed by atoms with E-state index in [1.165, 1.54) is 0 Å². The Hall–Kier alpha value is -1.89. The van der Waals surface area contributed by atoms with Crippen molar-refractivity contribution in [2.45, 2.75) is 0 Å². The number of nitrogens with one attached hydrogen (secondary N) is 1. The third-order valence-corrected chi connectivity index (χ3v) is 4.52. The predicted molar refractivity (Wildman–Crippen MR) is 100 cm³/mol. The van der Waals surface area contributed by atoms with Gasteiger partial charge in [-0.05, 0) is 38.4 Å². The number of ether oxygens (including phenoxy) is 1. The number of rotatable bonds is 3. The molecule has 0 spiro atoms. The number of pyridine rings is 1. The maximum atomic E-state index is 12.8. The van der Waals surface area contributed by atoms with Crippen LogP contribution in [0.5, 0.6) is 0 Å². The second kappa shape index (κ2) is 7.99. The largest absolute Gasteiger partial charge is 0.379 e. The zero-order valence-corrected chi connectivity index (χ0v) is 15.3. The van der Waals surface area contributed by atoms with Crippen LogP contribution in [-0.2, 0) is 4.74 Å². The van der Waals surface area contributed by atoms with E-state index in [0.717, 1.165) is 11.9 Å². The molecular weight excluding hydrogens is 340 g/mol. The first-order valence-electron chi connectivity index (χ1n) is 8.36. The van der Waals surface area contributed by atoms with Gasteiger partial charge in [0, 0.05) is 37.1 Å². The average Bonchev–Trinajstić information content (AvgIpc) is 2.82. The third-order valence-electron chi connectivity index (χ3n) is 4.21. The molecule has 2 heterocycles. The van der Waals surface area contributed by atoms with E-state index in [1.807, 2.05) is 37.2 Å². The second-order valence-corrected chi connectivity index (χ2v) is 6.98. The van der Waals surface area contributed by atoms with Crippen molar-refractivity contribution in [1.29, 1.82) is 0 Å². The smallest absolute Gasteiger partial charge is 0.321 e. The highest BCUT2D eigenvalue weighted by molar-refractivity contribution is 6.35. The van der Waals surface area contributed by atoms with Crippen LogP contribution in [0.15, 0.2) is 30.5 Å². The molecule has 1 saturated heterocycles. The van der Waals surface area contributed by atoms with Crippen molar-refractivity contribution in [2.75, 3.05) is 52.3 Å². The number of hydrogen-bond acceptors (Lipinski definition) is 4.